The summed E-state index contributed by atoms with van der Waals surface area (Å²) in [6.07, 6.45) is 12.0. The molecule has 0 spiro atoms. The van der Waals surface area contributed by atoms with Gasteiger partial charge in [-0.1, -0.05) is 80.6 Å². The highest BCUT2D eigenvalue weighted by molar-refractivity contribution is 5.85. The van der Waals surface area contributed by atoms with Gasteiger partial charge in [0, 0.05) is 18.2 Å². The molecule has 2 aromatic carbocycles. The molecule has 1 atom stereocenters. The van der Waals surface area contributed by atoms with E-state index in [1.165, 1.54) is 56.1 Å². The van der Waals surface area contributed by atoms with Crippen LogP contribution in [0.2, 0.25) is 0 Å². The van der Waals surface area contributed by atoms with Gasteiger partial charge in [-0.25, -0.2) is 0 Å². The van der Waals surface area contributed by atoms with Crippen LogP contribution in [0.1, 0.15) is 62.5 Å². The van der Waals surface area contributed by atoms with Crippen LogP contribution in [0, 0.1) is 0 Å². The van der Waals surface area contributed by atoms with Crippen LogP contribution in [0.25, 0.3) is 0 Å². The first-order chi connectivity index (χ1) is 13.8. The van der Waals surface area contributed by atoms with Crippen LogP contribution in [0.4, 0.5) is 0 Å². The van der Waals surface area contributed by atoms with Crippen LogP contribution in [-0.4, -0.2) is 19.3 Å². The molecule has 1 fully saturated rings. The van der Waals surface area contributed by atoms with Gasteiger partial charge in [-0.05, 0) is 37.3 Å². The van der Waals surface area contributed by atoms with Gasteiger partial charge < -0.3 is 4.74 Å². The number of ether oxygens (including phenoxy) is 1. The summed E-state index contributed by atoms with van der Waals surface area (Å²) >= 11 is 0. The van der Waals surface area contributed by atoms with Crippen molar-refractivity contribution in [2.75, 3.05) is 7.11 Å². The predicted molar refractivity (Wildman–Crippen MR) is 132 cm³/mol. The quantitative estimate of drug-likeness (QED) is 0.438. The number of para-hydroxylation sites is 1. The topological polar surface area (TPSA) is 33.3 Å². The zero-order chi connectivity index (χ0) is 19.4. The predicted octanol–water partition coefficient (Wildman–Crippen LogP) is 6.29. The van der Waals surface area contributed by atoms with Crippen molar-refractivity contribution in [2.45, 2.75) is 76.5 Å². The number of rotatable bonds is 9. The first kappa shape index (κ1) is 26.8. The Morgan fingerprint density at radius 2 is 1.50 bits per heavy atom. The fourth-order valence-electron chi connectivity index (χ4n) is 4.19. The van der Waals surface area contributed by atoms with Crippen molar-refractivity contribution in [3.63, 3.8) is 0 Å². The molecule has 0 aromatic heterocycles. The van der Waals surface area contributed by atoms with Crippen molar-refractivity contribution in [3.8, 4) is 5.75 Å². The summed E-state index contributed by atoms with van der Waals surface area (Å²) in [5, 5.41) is 7.72. The second-order valence-corrected chi connectivity index (χ2v) is 7.98. The Morgan fingerprint density at radius 3 is 2.20 bits per heavy atom. The maximum absolute atomic E-state index is 5.53. The molecule has 1 saturated carbocycles. The summed E-state index contributed by atoms with van der Waals surface area (Å²) in [5.74, 6) is 0.961. The highest BCUT2D eigenvalue weighted by Gasteiger charge is 2.17. The van der Waals surface area contributed by atoms with E-state index in [4.69, 9.17) is 4.74 Å². The van der Waals surface area contributed by atoms with Crippen molar-refractivity contribution >= 4 is 24.8 Å². The molecule has 0 radical (unpaired) electrons. The minimum absolute atomic E-state index is 0. The molecule has 2 aromatic rings. The molecule has 168 valence electrons. The number of nitrogens with one attached hydrogen (secondary N) is 2. The number of halogens is 2. The number of methoxy groups -OCH3 is 1. The smallest absolute Gasteiger partial charge is 0.123 e. The van der Waals surface area contributed by atoms with Crippen LogP contribution in [0.15, 0.2) is 54.6 Å². The monoisotopic (exact) mass is 452 g/mol. The molecule has 5 heteroatoms. The van der Waals surface area contributed by atoms with Crippen molar-refractivity contribution < 1.29 is 4.74 Å². The fraction of sp³-hybridized carbons (Fsp3) is 0.520. The van der Waals surface area contributed by atoms with Gasteiger partial charge in [0.2, 0.25) is 0 Å². The van der Waals surface area contributed by atoms with E-state index in [9.17, 15) is 0 Å². The van der Waals surface area contributed by atoms with Crippen molar-refractivity contribution in [1.82, 2.24) is 10.6 Å². The normalized spacial score (nSPS) is 15.8. The van der Waals surface area contributed by atoms with Crippen LogP contribution in [0.5, 0.6) is 5.75 Å². The van der Waals surface area contributed by atoms with Gasteiger partial charge in [-0.3, -0.25) is 10.6 Å². The molecule has 30 heavy (non-hydrogen) atoms. The Bertz CT molecular complexity index is 676. The second kappa shape index (κ2) is 15.5. The minimum atomic E-state index is 0. The maximum Gasteiger partial charge on any atom is 0.123 e. The van der Waals surface area contributed by atoms with E-state index in [1.807, 2.05) is 12.1 Å². The third kappa shape index (κ3) is 9.26. The SMILES string of the molecule is COc1ccccc1CN[C@H](CCc1ccccc1)NC1CCCCCCC1.Cl.Cl. The third-order valence-corrected chi connectivity index (χ3v) is 5.84. The lowest BCUT2D eigenvalue weighted by molar-refractivity contribution is 0.306. The number of benzene rings is 2. The average molecular weight is 453 g/mol. The van der Waals surface area contributed by atoms with E-state index in [2.05, 4.69) is 53.1 Å². The van der Waals surface area contributed by atoms with E-state index >= 15 is 0 Å². The van der Waals surface area contributed by atoms with Crippen molar-refractivity contribution in [1.29, 1.82) is 0 Å². The second-order valence-electron chi connectivity index (χ2n) is 7.98. The van der Waals surface area contributed by atoms with Gasteiger partial charge >= 0.3 is 0 Å². The number of hydrogen-bond acceptors (Lipinski definition) is 3. The Balaban J connectivity index is 0.00000225. The molecule has 0 aliphatic heterocycles. The van der Waals surface area contributed by atoms with Gasteiger partial charge in [0.05, 0.1) is 13.3 Å². The lowest BCUT2D eigenvalue weighted by atomic mass is 9.96. The fourth-order valence-corrected chi connectivity index (χ4v) is 4.19. The Hall–Kier alpha value is -1.26. The maximum atomic E-state index is 5.53. The molecule has 3 nitrogen and oxygen atoms in total. The number of hydrogen-bond donors (Lipinski definition) is 2. The van der Waals surface area contributed by atoms with E-state index in [0.29, 0.717) is 12.2 Å². The van der Waals surface area contributed by atoms with Crippen molar-refractivity contribution in [2.24, 2.45) is 0 Å². The van der Waals surface area contributed by atoms with Crippen LogP contribution >= 0.6 is 24.8 Å². The van der Waals surface area contributed by atoms with Gasteiger partial charge in [-0.2, -0.15) is 0 Å². The molecule has 0 unspecified atom stereocenters. The molecule has 1 aliphatic rings. The largest absolute Gasteiger partial charge is 0.496 e. The summed E-state index contributed by atoms with van der Waals surface area (Å²) in [6, 6.07) is 19.8. The first-order valence-corrected chi connectivity index (χ1v) is 11.0. The molecule has 3 rings (SSSR count). The summed E-state index contributed by atoms with van der Waals surface area (Å²) < 4.78 is 5.53. The molecule has 1 aliphatic carbocycles. The zero-order valence-corrected chi connectivity index (χ0v) is 19.8. The van der Waals surface area contributed by atoms with Crippen LogP contribution < -0.4 is 15.4 Å². The number of aryl methyl sites for hydroxylation is 1. The van der Waals surface area contributed by atoms with Crippen LogP contribution in [0.3, 0.4) is 0 Å². The summed E-state index contributed by atoms with van der Waals surface area (Å²) in [7, 11) is 1.75. The van der Waals surface area contributed by atoms with E-state index in [1.54, 1.807) is 7.11 Å². The molecule has 2 N–H and O–H groups in total. The van der Waals surface area contributed by atoms with Gasteiger partial charge in [-0.15, -0.1) is 24.8 Å². The van der Waals surface area contributed by atoms with Crippen molar-refractivity contribution in [3.05, 3.63) is 65.7 Å². The molecule has 0 bridgehead atoms. The molecular formula is C25H38Cl2N2O. The lowest BCUT2D eigenvalue weighted by Gasteiger charge is -2.28. The summed E-state index contributed by atoms with van der Waals surface area (Å²) in [5.41, 5.74) is 2.63. The standard InChI is InChI=1S/C25H36N2O.2ClH/c1-28-24-17-11-10-14-22(24)20-26-25(19-18-21-12-6-5-7-13-21)27-23-15-8-3-2-4-9-16-23;;/h5-7,10-14,17,23,25-27H,2-4,8-9,15-16,18-20H2,1H3;2*1H/t25-;;/m0../s1. The lowest BCUT2D eigenvalue weighted by Crippen LogP contribution is -2.47. The van der Waals surface area contributed by atoms with E-state index < -0.39 is 0 Å². The summed E-state index contributed by atoms with van der Waals surface area (Å²) in [4.78, 5) is 0. The Morgan fingerprint density at radius 1 is 0.867 bits per heavy atom. The molecule has 0 heterocycles. The molecular weight excluding hydrogens is 415 g/mol. The Labute approximate surface area is 195 Å². The highest BCUT2D eigenvalue weighted by atomic mass is 35.5. The third-order valence-electron chi connectivity index (χ3n) is 5.84. The molecule has 0 amide bonds. The minimum Gasteiger partial charge on any atom is -0.496 e. The van der Waals surface area contributed by atoms with E-state index in [0.717, 1.165) is 25.1 Å². The zero-order valence-electron chi connectivity index (χ0n) is 18.1. The van der Waals surface area contributed by atoms with Crippen LogP contribution in [-0.2, 0) is 13.0 Å². The van der Waals surface area contributed by atoms with E-state index in [-0.39, 0.29) is 24.8 Å². The average Bonchev–Trinajstić information content (AvgIpc) is 2.72. The van der Waals surface area contributed by atoms with Gasteiger partial charge in [0.1, 0.15) is 5.75 Å². The summed E-state index contributed by atoms with van der Waals surface area (Å²) in [6.45, 7) is 0.823. The Kier molecular flexibility index (Phi) is 13.9. The highest BCUT2D eigenvalue weighted by Crippen LogP contribution is 2.19. The van der Waals surface area contributed by atoms with Gasteiger partial charge in [0.15, 0.2) is 0 Å². The first-order valence-electron chi connectivity index (χ1n) is 11.0. The molecule has 0 saturated heterocycles. The van der Waals surface area contributed by atoms with Gasteiger partial charge in [0.25, 0.3) is 0 Å².